The number of aryl methyl sites for hydroxylation is 1. The van der Waals surface area contributed by atoms with Gasteiger partial charge in [0.15, 0.2) is 0 Å². The lowest BCUT2D eigenvalue weighted by Gasteiger charge is -2.31. The summed E-state index contributed by atoms with van der Waals surface area (Å²) in [6, 6.07) is 4.82. The highest BCUT2D eigenvalue weighted by molar-refractivity contribution is 5.68. The van der Waals surface area contributed by atoms with Crippen molar-refractivity contribution in [2.24, 2.45) is 0 Å². The molecule has 96 valence electrons. The molecule has 1 rings (SSSR count). The third-order valence-electron chi connectivity index (χ3n) is 2.47. The van der Waals surface area contributed by atoms with Gasteiger partial charge in [0.2, 0.25) is 0 Å². The molecule has 0 radical (unpaired) electrons. The van der Waals surface area contributed by atoms with Gasteiger partial charge in [-0.15, -0.1) is 0 Å². The van der Waals surface area contributed by atoms with Gasteiger partial charge in [-0.2, -0.15) is 13.2 Å². The SMILES string of the molecule is Cc1ccc(N(CC(F)(F)F)C(C)C)c(N)c1. The van der Waals surface area contributed by atoms with Crippen LogP contribution in [-0.4, -0.2) is 18.8 Å². The van der Waals surface area contributed by atoms with Gasteiger partial charge >= 0.3 is 6.18 Å². The van der Waals surface area contributed by atoms with Gasteiger partial charge in [-0.25, -0.2) is 0 Å². The Morgan fingerprint density at radius 2 is 1.88 bits per heavy atom. The number of halogens is 3. The van der Waals surface area contributed by atoms with Gasteiger partial charge < -0.3 is 10.6 Å². The molecule has 1 aromatic rings. The highest BCUT2D eigenvalue weighted by Crippen LogP contribution is 2.29. The summed E-state index contributed by atoms with van der Waals surface area (Å²) < 4.78 is 37.4. The van der Waals surface area contributed by atoms with Crippen molar-refractivity contribution >= 4 is 11.4 Å². The molecule has 2 N–H and O–H groups in total. The Morgan fingerprint density at radius 3 is 2.29 bits per heavy atom. The van der Waals surface area contributed by atoms with Crippen molar-refractivity contribution in [1.82, 2.24) is 0 Å². The van der Waals surface area contributed by atoms with E-state index in [-0.39, 0.29) is 6.04 Å². The summed E-state index contributed by atoms with van der Waals surface area (Å²) in [5.74, 6) is 0. The van der Waals surface area contributed by atoms with Crippen LogP contribution in [0.25, 0.3) is 0 Å². The molecule has 1 aromatic carbocycles. The Morgan fingerprint density at radius 1 is 1.29 bits per heavy atom. The van der Waals surface area contributed by atoms with E-state index in [1.165, 1.54) is 4.90 Å². The predicted octanol–water partition coefficient (Wildman–Crippen LogP) is 3.35. The number of rotatable bonds is 3. The molecular formula is C12H17F3N2. The largest absolute Gasteiger partial charge is 0.405 e. The molecule has 0 aromatic heterocycles. The number of nitrogen functional groups attached to an aromatic ring is 1. The molecule has 0 bridgehead atoms. The smallest absolute Gasteiger partial charge is 0.397 e. The molecule has 0 atom stereocenters. The minimum atomic E-state index is -4.23. The summed E-state index contributed by atoms with van der Waals surface area (Å²) in [7, 11) is 0. The Hall–Kier alpha value is -1.39. The highest BCUT2D eigenvalue weighted by Gasteiger charge is 2.32. The summed E-state index contributed by atoms with van der Waals surface area (Å²) >= 11 is 0. The number of nitrogens with two attached hydrogens (primary N) is 1. The minimum absolute atomic E-state index is 0.262. The van der Waals surface area contributed by atoms with Crippen LogP contribution in [0.5, 0.6) is 0 Å². The summed E-state index contributed by atoms with van der Waals surface area (Å²) in [5, 5.41) is 0. The molecule has 0 saturated heterocycles. The lowest BCUT2D eigenvalue weighted by Crippen LogP contribution is -2.39. The molecule has 0 saturated carbocycles. The molecule has 0 fully saturated rings. The van der Waals surface area contributed by atoms with Crippen LogP contribution in [0, 0.1) is 6.92 Å². The number of alkyl halides is 3. The van der Waals surface area contributed by atoms with E-state index >= 15 is 0 Å². The number of hydrogen-bond donors (Lipinski definition) is 1. The third kappa shape index (κ3) is 3.84. The van der Waals surface area contributed by atoms with Crippen LogP contribution in [0.3, 0.4) is 0 Å². The van der Waals surface area contributed by atoms with E-state index in [9.17, 15) is 13.2 Å². The van der Waals surface area contributed by atoms with Gasteiger partial charge in [-0.05, 0) is 38.5 Å². The standard InChI is InChI=1S/C12H17F3N2/c1-8(2)17(7-12(13,14)15)11-5-4-9(3)6-10(11)16/h4-6,8H,7,16H2,1-3H3. The van der Waals surface area contributed by atoms with Crippen molar-refractivity contribution in [3.8, 4) is 0 Å². The first-order valence-electron chi connectivity index (χ1n) is 5.40. The van der Waals surface area contributed by atoms with Gasteiger partial charge in [0.05, 0.1) is 11.4 Å². The zero-order valence-corrected chi connectivity index (χ0v) is 10.2. The van der Waals surface area contributed by atoms with E-state index < -0.39 is 12.7 Å². The fourth-order valence-electron chi connectivity index (χ4n) is 1.67. The molecule has 2 nitrogen and oxygen atoms in total. The first-order valence-corrected chi connectivity index (χ1v) is 5.40. The number of benzene rings is 1. The van der Waals surface area contributed by atoms with E-state index in [0.29, 0.717) is 11.4 Å². The third-order valence-corrected chi connectivity index (χ3v) is 2.47. The van der Waals surface area contributed by atoms with E-state index in [2.05, 4.69) is 0 Å². The zero-order valence-electron chi connectivity index (χ0n) is 10.2. The highest BCUT2D eigenvalue weighted by atomic mass is 19.4. The summed E-state index contributed by atoms with van der Waals surface area (Å²) in [4.78, 5) is 1.26. The quantitative estimate of drug-likeness (QED) is 0.829. The van der Waals surface area contributed by atoms with Gasteiger partial charge in [0, 0.05) is 6.04 Å². The molecular weight excluding hydrogens is 229 g/mol. The summed E-state index contributed by atoms with van der Waals surface area (Å²) in [6.45, 7) is 4.29. The molecule has 0 spiro atoms. The molecule has 0 aliphatic rings. The lowest BCUT2D eigenvalue weighted by atomic mass is 10.1. The molecule has 0 aliphatic carbocycles. The lowest BCUT2D eigenvalue weighted by molar-refractivity contribution is -0.120. The van der Waals surface area contributed by atoms with E-state index in [1.807, 2.05) is 6.92 Å². The fraction of sp³-hybridized carbons (Fsp3) is 0.500. The van der Waals surface area contributed by atoms with Crippen LogP contribution in [0.4, 0.5) is 24.5 Å². The maximum atomic E-state index is 12.5. The first-order chi connectivity index (χ1) is 7.70. The number of nitrogens with zero attached hydrogens (tertiary/aromatic N) is 1. The van der Waals surface area contributed by atoms with Crippen molar-refractivity contribution < 1.29 is 13.2 Å². The van der Waals surface area contributed by atoms with Crippen LogP contribution in [0.15, 0.2) is 18.2 Å². The van der Waals surface area contributed by atoms with Gasteiger partial charge in [0.25, 0.3) is 0 Å². The number of hydrogen-bond acceptors (Lipinski definition) is 2. The van der Waals surface area contributed by atoms with Gasteiger partial charge in [0.1, 0.15) is 6.54 Å². The van der Waals surface area contributed by atoms with E-state index in [4.69, 9.17) is 5.73 Å². The molecule has 5 heteroatoms. The molecule has 0 aliphatic heterocycles. The second kappa shape index (κ2) is 4.85. The second-order valence-electron chi connectivity index (χ2n) is 4.40. The summed E-state index contributed by atoms with van der Waals surface area (Å²) in [5.41, 5.74) is 7.51. The molecule has 0 amide bonds. The predicted molar refractivity (Wildman–Crippen MR) is 64.1 cm³/mol. The Bertz CT molecular complexity index is 386. The fourth-order valence-corrected chi connectivity index (χ4v) is 1.67. The Balaban J connectivity index is 3.06. The Labute approximate surface area is 99.2 Å². The number of anilines is 2. The summed E-state index contributed by atoms with van der Waals surface area (Å²) in [6.07, 6.45) is -4.23. The van der Waals surface area contributed by atoms with Crippen molar-refractivity contribution in [3.63, 3.8) is 0 Å². The van der Waals surface area contributed by atoms with E-state index in [0.717, 1.165) is 5.56 Å². The van der Waals surface area contributed by atoms with Crippen molar-refractivity contribution in [2.75, 3.05) is 17.2 Å². The van der Waals surface area contributed by atoms with Crippen molar-refractivity contribution in [1.29, 1.82) is 0 Å². The van der Waals surface area contributed by atoms with Crippen molar-refractivity contribution in [2.45, 2.75) is 33.0 Å². The molecule has 0 unspecified atom stereocenters. The normalized spacial score (nSPS) is 11.9. The van der Waals surface area contributed by atoms with Crippen LogP contribution in [-0.2, 0) is 0 Å². The van der Waals surface area contributed by atoms with Crippen molar-refractivity contribution in [3.05, 3.63) is 23.8 Å². The minimum Gasteiger partial charge on any atom is -0.397 e. The maximum Gasteiger partial charge on any atom is 0.405 e. The van der Waals surface area contributed by atoms with Crippen LogP contribution >= 0.6 is 0 Å². The average molecular weight is 246 g/mol. The van der Waals surface area contributed by atoms with Crippen LogP contribution < -0.4 is 10.6 Å². The van der Waals surface area contributed by atoms with Crippen LogP contribution in [0.1, 0.15) is 19.4 Å². The molecule has 17 heavy (non-hydrogen) atoms. The van der Waals surface area contributed by atoms with Gasteiger partial charge in [-0.3, -0.25) is 0 Å². The second-order valence-corrected chi connectivity index (χ2v) is 4.40. The molecule has 0 heterocycles. The van der Waals surface area contributed by atoms with E-state index in [1.54, 1.807) is 32.0 Å². The maximum absolute atomic E-state index is 12.5. The van der Waals surface area contributed by atoms with Crippen LogP contribution in [0.2, 0.25) is 0 Å². The van der Waals surface area contributed by atoms with Gasteiger partial charge in [-0.1, -0.05) is 6.07 Å². The topological polar surface area (TPSA) is 29.3 Å². The Kier molecular flexibility index (Phi) is 3.91. The average Bonchev–Trinajstić information content (AvgIpc) is 2.13. The monoisotopic (exact) mass is 246 g/mol. The zero-order chi connectivity index (χ0) is 13.2. The first kappa shape index (κ1) is 13.7.